The molecule has 2 aromatic heterocycles. The second-order valence-corrected chi connectivity index (χ2v) is 11.9. The van der Waals surface area contributed by atoms with E-state index in [-0.39, 0.29) is 55.0 Å². The Bertz CT molecular complexity index is 1710. The SMILES string of the molecule is CO[C@@H]1CN(C)C[C@H]1Oc1nc2c(F)c(-c3ccc(F)c4sc(N)nc34)c(Cl)cc2c(N2CCN[C@H](C)C2)c1C#N. The largest absolute Gasteiger partial charge is 0.469 e. The predicted molar refractivity (Wildman–Crippen MR) is 157 cm³/mol. The van der Waals surface area contributed by atoms with Crippen LogP contribution in [0.3, 0.4) is 0 Å². The molecule has 3 N–H and O–H groups in total. The summed E-state index contributed by atoms with van der Waals surface area (Å²) in [7, 11) is 3.56. The van der Waals surface area contributed by atoms with Crippen LogP contribution in [0.2, 0.25) is 5.02 Å². The molecule has 0 amide bonds. The Morgan fingerprint density at radius 2 is 1.98 bits per heavy atom. The molecule has 41 heavy (non-hydrogen) atoms. The molecule has 0 radical (unpaired) electrons. The maximum atomic E-state index is 16.7. The van der Waals surface area contributed by atoms with Crippen molar-refractivity contribution in [1.82, 2.24) is 20.2 Å². The number of methoxy groups -OCH3 is 1. The third-order valence-corrected chi connectivity index (χ3v) is 8.84. The van der Waals surface area contributed by atoms with Crippen LogP contribution in [0.5, 0.6) is 5.88 Å². The number of pyridine rings is 1. The molecule has 0 bridgehead atoms. The maximum Gasteiger partial charge on any atom is 0.234 e. The molecule has 2 aliphatic heterocycles. The van der Waals surface area contributed by atoms with Crippen molar-refractivity contribution in [1.29, 1.82) is 5.26 Å². The first-order chi connectivity index (χ1) is 19.7. The van der Waals surface area contributed by atoms with Gasteiger partial charge >= 0.3 is 0 Å². The number of likely N-dealkylation sites (tertiary alicyclic amines) is 1. The first kappa shape index (κ1) is 27.8. The van der Waals surface area contributed by atoms with Gasteiger partial charge in [-0.25, -0.2) is 18.7 Å². The zero-order valence-corrected chi connectivity index (χ0v) is 24.2. The minimum Gasteiger partial charge on any atom is -0.469 e. The number of nitriles is 1. The van der Waals surface area contributed by atoms with Gasteiger partial charge in [-0.1, -0.05) is 22.9 Å². The van der Waals surface area contributed by atoms with Crippen molar-refractivity contribution in [2.75, 3.05) is 57.5 Å². The van der Waals surface area contributed by atoms with Crippen LogP contribution in [0.1, 0.15) is 12.5 Å². The molecular weight excluding hydrogens is 572 g/mol. The lowest BCUT2D eigenvalue weighted by Gasteiger charge is -2.35. The quantitative estimate of drug-likeness (QED) is 0.345. The maximum absolute atomic E-state index is 16.7. The number of nitrogens with two attached hydrogens (primary N) is 1. The lowest BCUT2D eigenvalue weighted by molar-refractivity contribution is 0.0321. The molecule has 6 rings (SSSR count). The van der Waals surface area contributed by atoms with Gasteiger partial charge in [-0.3, -0.25) is 4.90 Å². The van der Waals surface area contributed by atoms with Gasteiger partial charge in [0.05, 0.1) is 20.9 Å². The van der Waals surface area contributed by atoms with Crippen molar-refractivity contribution < 1.29 is 18.3 Å². The number of nitrogen functional groups attached to an aromatic ring is 1. The first-order valence-corrected chi connectivity index (χ1v) is 14.4. The zero-order chi connectivity index (χ0) is 29.0. The van der Waals surface area contributed by atoms with E-state index < -0.39 is 17.7 Å². The minimum atomic E-state index is -0.724. The molecule has 2 saturated heterocycles. The highest BCUT2D eigenvalue weighted by atomic mass is 35.5. The Morgan fingerprint density at radius 1 is 1.20 bits per heavy atom. The van der Waals surface area contributed by atoms with Crippen molar-refractivity contribution in [3.05, 3.63) is 40.4 Å². The van der Waals surface area contributed by atoms with E-state index in [1.807, 2.05) is 18.9 Å². The number of fused-ring (bicyclic) bond motifs is 2. The number of thiazole rings is 1. The van der Waals surface area contributed by atoms with E-state index in [9.17, 15) is 9.65 Å². The summed E-state index contributed by atoms with van der Waals surface area (Å²) in [5.41, 5.74) is 7.11. The van der Waals surface area contributed by atoms with Gasteiger partial charge in [-0.15, -0.1) is 0 Å². The van der Waals surface area contributed by atoms with Gasteiger partial charge in [0.25, 0.3) is 0 Å². The molecule has 2 aromatic carbocycles. The number of halogens is 3. The molecule has 3 atom stereocenters. The Hall–Kier alpha value is -3.34. The number of hydrogen-bond donors (Lipinski definition) is 2. The average molecular weight is 600 g/mol. The van der Waals surface area contributed by atoms with E-state index in [2.05, 4.69) is 26.3 Å². The fourth-order valence-corrected chi connectivity index (χ4v) is 6.85. The molecule has 9 nitrogen and oxygen atoms in total. The highest BCUT2D eigenvalue weighted by molar-refractivity contribution is 7.22. The number of piperazine rings is 1. The van der Waals surface area contributed by atoms with E-state index in [4.69, 9.17) is 26.8 Å². The topological polar surface area (TPSA) is 113 Å². The molecule has 4 aromatic rings. The number of nitrogens with zero attached hydrogens (tertiary/aromatic N) is 5. The van der Waals surface area contributed by atoms with E-state index in [1.165, 1.54) is 12.1 Å². The Morgan fingerprint density at radius 3 is 2.71 bits per heavy atom. The molecule has 0 aliphatic carbocycles. The molecule has 0 unspecified atom stereocenters. The number of hydrogen-bond acceptors (Lipinski definition) is 10. The van der Waals surface area contributed by atoms with Crippen LogP contribution >= 0.6 is 22.9 Å². The standard InChI is InChI=1S/C28H28ClF2N7O2S/c1-13-10-38(7-6-34-13)25-15-8-17(29)21(14-4-5-18(30)26-24(14)36-28(33)41-26)22(31)23(15)35-27(16(25)9-32)40-20-12-37(2)11-19(20)39-3/h4-5,8,13,19-20,34H,6-7,10-12H2,1-3H3,(H2,33,36)/t13-,19-,20-/m1/s1. The van der Waals surface area contributed by atoms with Crippen LogP contribution in [0, 0.1) is 23.0 Å². The van der Waals surface area contributed by atoms with Gasteiger partial charge in [0.1, 0.15) is 35.2 Å². The Balaban J connectivity index is 1.61. The van der Waals surface area contributed by atoms with Crippen molar-refractivity contribution in [3.8, 4) is 23.1 Å². The number of likely N-dealkylation sites (N-methyl/N-ethyl adjacent to an activating group) is 1. The number of aromatic nitrogens is 2. The van der Waals surface area contributed by atoms with Gasteiger partial charge in [0, 0.05) is 62.4 Å². The summed E-state index contributed by atoms with van der Waals surface area (Å²) in [4.78, 5) is 13.0. The molecule has 4 heterocycles. The third kappa shape index (κ3) is 4.81. The van der Waals surface area contributed by atoms with Crippen LogP contribution in [-0.4, -0.2) is 80.0 Å². The molecule has 0 spiro atoms. The number of anilines is 2. The van der Waals surface area contributed by atoms with Crippen LogP contribution in [-0.2, 0) is 4.74 Å². The fourth-order valence-electron chi connectivity index (χ4n) is 5.79. The highest BCUT2D eigenvalue weighted by Crippen LogP contribution is 2.45. The second kappa shape index (κ2) is 10.8. The van der Waals surface area contributed by atoms with E-state index in [0.29, 0.717) is 49.4 Å². The summed E-state index contributed by atoms with van der Waals surface area (Å²) >= 11 is 7.75. The van der Waals surface area contributed by atoms with Gasteiger partial charge < -0.3 is 25.4 Å². The normalized spacial score (nSPS) is 21.6. The second-order valence-electron chi connectivity index (χ2n) is 10.5. The fraction of sp³-hybridized carbons (Fsp3) is 0.393. The summed E-state index contributed by atoms with van der Waals surface area (Å²) in [6.07, 6.45) is -0.665. The summed E-state index contributed by atoms with van der Waals surface area (Å²) < 4.78 is 43.4. The van der Waals surface area contributed by atoms with Crippen molar-refractivity contribution in [3.63, 3.8) is 0 Å². The number of rotatable bonds is 5. The highest BCUT2D eigenvalue weighted by Gasteiger charge is 2.35. The van der Waals surface area contributed by atoms with Crippen molar-refractivity contribution in [2.45, 2.75) is 25.2 Å². The van der Waals surface area contributed by atoms with Crippen LogP contribution in [0.25, 0.3) is 32.2 Å². The van der Waals surface area contributed by atoms with Crippen molar-refractivity contribution in [2.24, 2.45) is 0 Å². The molecule has 0 saturated carbocycles. The predicted octanol–water partition coefficient (Wildman–Crippen LogP) is 4.40. The van der Waals surface area contributed by atoms with Crippen LogP contribution < -0.4 is 20.7 Å². The molecule has 2 aliphatic rings. The van der Waals surface area contributed by atoms with E-state index in [0.717, 1.165) is 11.3 Å². The molecule has 13 heteroatoms. The number of benzene rings is 2. The van der Waals surface area contributed by atoms with Gasteiger partial charge in [-0.05, 0) is 32.2 Å². The molecule has 2 fully saturated rings. The average Bonchev–Trinajstić information content (AvgIpc) is 3.51. The Labute approximate surface area is 244 Å². The summed E-state index contributed by atoms with van der Waals surface area (Å²) in [5, 5.41) is 14.4. The molecular formula is C28H28ClF2N7O2S. The smallest absolute Gasteiger partial charge is 0.234 e. The lowest BCUT2D eigenvalue weighted by Crippen LogP contribution is -2.49. The summed E-state index contributed by atoms with van der Waals surface area (Å²) in [5.74, 6) is -1.21. The third-order valence-electron chi connectivity index (χ3n) is 7.65. The van der Waals surface area contributed by atoms with E-state index in [1.54, 1.807) is 13.2 Å². The van der Waals surface area contributed by atoms with Gasteiger partial charge in [0.2, 0.25) is 5.88 Å². The van der Waals surface area contributed by atoms with Gasteiger partial charge in [0.15, 0.2) is 10.9 Å². The number of ether oxygens (including phenoxy) is 2. The van der Waals surface area contributed by atoms with Crippen LogP contribution in [0.15, 0.2) is 18.2 Å². The Kier molecular flexibility index (Phi) is 7.33. The summed E-state index contributed by atoms with van der Waals surface area (Å²) in [6.45, 7) is 5.08. The van der Waals surface area contributed by atoms with Gasteiger partial charge in [-0.2, -0.15) is 5.26 Å². The molecule has 214 valence electrons. The number of nitrogens with one attached hydrogen (secondary N) is 1. The first-order valence-electron chi connectivity index (χ1n) is 13.2. The minimum absolute atomic E-state index is 0.0134. The van der Waals surface area contributed by atoms with Crippen LogP contribution in [0.4, 0.5) is 19.6 Å². The lowest BCUT2D eigenvalue weighted by atomic mass is 9.98. The van der Waals surface area contributed by atoms with E-state index >= 15 is 4.39 Å². The summed E-state index contributed by atoms with van der Waals surface area (Å²) in [6, 6.07) is 6.69. The zero-order valence-electron chi connectivity index (χ0n) is 22.7. The monoisotopic (exact) mass is 599 g/mol. The van der Waals surface area contributed by atoms with Crippen molar-refractivity contribution >= 4 is 54.9 Å².